The number of rotatable bonds is 9. The number of nitrogens with zero attached hydrogens (tertiary/aromatic N) is 3. The van der Waals surface area contributed by atoms with Crippen LogP contribution in [0.2, 0.25) is 0 Å². The molecule has 0 atom stereocenters. The molecule has 7 heteroatoms. The van der Waals surface area contributed by atoms with E-state index in [9.17, 15) is 9.90 Å². The Labute approximate surface area is 191 Å². The third-order valence-electron chi connectivity index (χ3n) is 4.95. The van der Waals surface area contributed by atoms with Crippen LogP contribution in [0.1, 0.15) is 34.8 Å². The standard InChI is InChI=1S/C26H23N3O4/c1-2-24(20-11-13-21(14-12-20)29-16-6-15-27-29)28-32-18-19-7-5-8-22(17-19)33-25-10-4-3-9-23(25)26(30)31/h3-17H,2,18H2,1H3,(H,30,31)/b28-24+. The van der Waals surface area contributed by atoms with Crippen LogP contribution in [-0.4, -0.2) is 26.6 Å². The van der Waals surface area contributed by atoms with E-state index in [1.54, 1.807) is 41.2 Å². The second kappa shape index (κ2) is 10.3. The Hall–Kier alpha value is -4.39. The molecular formula is C26H23N3O4. The summed E-state index contributed by atoms with van der Waals surface area (Å²) in [7, 11) is 0. The number of oxime groups is 1. The molecule has 4 aromatic rings. The van der Waals surface area contributed by atoms with Crippen LogP contribution < -0.4 is 4.74 Å². The molecule has 7 nitrogen and oxygen atoms in total. The number of aromatic nitrogens is 2. The first-order chi connectivity index (χ1) is 16.1. The fourth-order valence-electron chi connectivity index (χ4n) is 3.29. The van der Waals surface area contributed by atoms with E-state index < -0.39 is 5.97 Å². The van der Waals surface area contributed by atoms with Gasteiger partial charge in [-0.3, -0.25) is 0 Å². The van der Waals surface area contributed by atoms with Crippen LogP contribution in [0.4, 0.5) is 0 Å². The van der Waals surface area contributed by atoms with E-state index in [0.717, 1.165) is 28.9 Å². The van der Waals surface area contributed by atoms with Gasteiger partial charge in [-0.1, -0.05) is 48.5 Å². The average Bonchev–Trinajstić information content (AvgIpc) is 3.38. The molecule has 33 heavy (non-hydrogen) atoms. The zero-order valence-electron chi connectivity index (χ0n) is 18.1. The van der Waals surface area contributed by atoms with Gasteiger partial charge in [0.2, 0.25) is 0 Å². The second-order valence-corrected chi connectivity index (χ2v) is 7.21. The number of hydrogen-bond donors (Lipinski definition) is 1. The first-order valence-electron chi connectivity index (χ1n) is 10.5. The molecular weight excluding hydrogens is 418 g/mol. The maximum Gasteiger partial charge on any atom is 0.339 e. The molecule has 3 aromatic carbocycles. The normalized spacial score (nSPS) is 11.2. The number of benzene rings is 3. The smallest absolute Gasteiger partial charge is 0.339 e. The van der Waals surface area contributed by atoms with E-state index in [1.165, 1.54) is 6.07 Å². The molecule has 0 aliphatic rings. The van der Waals surface area contributed by atoms with E-state index in [2.05, 4.69) is 10.3 Å². The average molecular weight is 441 g/mol. The Morgan fingerprint density at radius 1 is 1.03 bits per heavy atom. The fraction of sp³-hybridized carbons (Fsp3) is 0.115. The minimum absolute atomic E-state index is 0.106. The zero-order valence-corrected chi connectivity index (χ0v) is 18.1. The summed E-state index contributed by atoms with van der Waals surface area (Å²) in [6.45, 7) is 2.28. The summed E-state index contributed by atoms with van der Waals surface area (Å²) >= 11 is 0. The summed E-state index contributed by atoms with van der Waals surface area (Å²) in [6, 6.07) is 23.7. The van der Waals surface area contributed by atoms with Crippen LogP contribution in [0.15, 0.2) is 96.4 Å². The maximum atomic E-state index is 11.4. The van der Waals surface area contributed by atoms with Gasteiger partial charge in [-0.05, 0) is 60.0 Å². The van der Waals surface area contributed by atoms with Crippen LogP contribution in [0.3, 0.4) is 0 Å². The molecule has 166 valence electrons. The number of ether oxygens (including phenoxy) is 1. The van der Waals surface area contributed by atoms with Gasteiger partial charge in [-0.25, -0.2) is 9.48 Å². The second-order valence-electron chi connectivity index (χ2n) is 7.21. The lowest BCUT2D eigenvalue weighted by Crippen LogP contribution is -2.02. The van der Waals surface area contributed by atoms with Crippen molar-refractivity contribution in [3.63, 3.8) is 0 Å². The topological polar surface area (TPSA) is 85.9 Å². The van der Waals surface area contributed by atoms with E-state index in [1.807, 2.05) is 55.6 Å². The monoisotopic (exact) mass is 441 g/mol. The quantitative estimate of drug-likeness (QED) is 0.266. The molecule has 0 saturated heterocycles. The first kappa shape index (κ1) is 21.8. The van der Waals surface area contributed by atoms with Crippen molar-refractivity contribution in [1.82, 2.24) is 9.78 Å². The Bertz CT molecular complexity index is 1250. The molecule has 1 aromatic heterocycles. The summed E-state index contributed by atoms with van der Waals surface area (Å²) in [4.78, 5) is 17.0. The van der Waals surface area contributed by atoms with Gasteiger partial charge in [0, 0.05) is 12.4 Å². The van der Waals surface area contributed by atoms with Crippen molar-refractivity contribution < 1.29 is 19.5 Å². The summed E-state index contributed by atoms with van der Waals surface area (Å²) in [5.41, 5.74) is 3.76. The predicted molar refractivity (Wildman–Crippen MR) is 125 cm³/mol. The summed E-state index contributed by atoms with van der Waals surface area (Å²) in [5, 5.41) is 17.9. The molecule has 0 aliphatic heterocycles. The number of carboxylic acids is 1. The van der Waals surface area contributed by atoms with Crippen molar-refractivity contribution in [3.05, 3.63) is 108 Å². The molecule has 4 rings (SSSR count). The third kappa shape index (κ3) is 5.46. The lowest BCUT2D eigenvalue weighted by atomic mass is 10.1. The molecule has 1 heterocycles. The lowest BCUT2D eigenvalue weighted by molar-refractivity contribution is 0.0694. The molecule has 0 unspecified atom stereocenters. The van der Waals surface area contributed by atoms with E-state index in [0.29, 0.717) is 5.75 Å². The summed E-state index contributed by atoms with van der Waals surface area (Å²) in [6.07, 6.45) is 4.35. The van der Waals surface area contributed by atoms with Gasteiger partial charge in [0.15, 0.2) is 0 Å². The van der Waals surface area contributed by atoms with Gasteiger partial charge in [0.05, 0.1) is 11.4 Å². The molecule has 0 amide bonds. The van der Waals surface area contributed by atoms with E-state index in [4.69, 9.17) is 9.57 Å². The van der Waals surface area contributed by atoms with E-state index >= 15 is 0 Å². The number of carbonyl (C=O) groups is 1. The van der Waals surface area contributed by atoms with Crippen molar-refractivity contribution in [2.75, 3.05) is 0 Å². The van der Waals surface area contributed by atoms with E-state index in [-0.39, 0.29) is 17.9 Å². The Balaban J connectivity index is 1.42. The van der Waals surface area contributed by atoms with Crippen LogP contribution >= 0.6 is 0 Å². The lowest BCUT2D eigenvalue weighted by Gasteiger charge is -2.10. The molecule has 0 spiro atoms. The fourth-order valence-corrected chi connectivity index (χ4v) is 3.29. The predicted octanol–water partition coefficient (Wildman–Crippen LogP) is 5.69. The molecule has 0 bridgehead atoms. The van der Waals surface area contributed by atoms with Crippen LogP contribution in [0.25, 0.3) is 5.69 Å². The van der Waals surface area contributed by atoms with Crippen LogP contribution in [0.5, 0.6) is 11.5 Å². The minimum Gasteiger partial charge on any atom is -0.478 e. The molecule has 0 fully saturated rings. The summed E-state index contributed by atoms with van der Waals surface area (Å²) in [5.74, 6) is -0.226. The largest absolute Gasteiger partial charge is 0.478 e. The van der Waals surface area contributed by atoms with Crippen LogP contribution in [-0.2, 0) is 11.4 Å². The molecule has 0 radical (unpaired) electrons. The van der Waals surface area contributed by atoms with Crippen LogP contribution in [0, 0.1) is 0 Å². The highest BCUT2D eigenvalue weighted by Crippen LogP contribution is 2.26. The number of para-hydroxylation sites is 1. The molecule has 0 saturated carbocycles. The minimum atomic E-state index is -1.04. The highest BCUT2D eigenvalue weighted by atomic mass is 16.6. The van der Waals surface area contributed by atoms with Crippen molar-refractivity contribution >= 4 is 11.7 Å². The number of aromatic carboxylic acids is 1. The summed E-state index contributed by atoms with van der Waals surface area (Å²) < 4.78 is 7.59. The van der Waals surface area contributed by atoms with Crippen molar-refractivity contribution in [3.8, 4) is 17.2 Å². The maximum absolute atomic E-state index is 11.4. The van der Waals surface area contributed by atoms with Crippen molar-refractivity contribution in [2.24, 2.45) is 5.16 Å². The van der Waals surface area contributed by atoms with Gasteiger partial charge >= 0.3 is 5.97 Å². The zero-order chi connectivity index (χ0) is 23.0. The number of carboxylic acid groups (broad SMARTS) is 1. The molecule has 0 aliphatic carbocycles. The van der Waals surface area contributed by atoms with Gasteiger partial charge in [-0.15, -0.1) is 0 Å². The van der Waals surface area contributed by atoms with Gasteiger partial charge in [0.25, 0.3) is 0 Å². The van der Waals surface area contributed by atoms with Gasteiger partial charge in [0.1, 0.15) is 23.7 Å². The number of hydrogen-bond acceptors (Lipinski definition) is 5. The SMILES string of the molecule is CC/C(=N\OCc1cccc(Oc2ccccc2C(=O)O)c1)c1ccc(-n2cccn2)cc1. The molecule has 1 N–H and O–H groups in total. The van der Waals surface area contributed by atoms with Gasteiger partial charge in [-0.2, -0.15) is 5.10 Å². The van der Waals surface area contributed by atoms with Gasteiger partial charge < -0.3 is 14.7 Å². The highest BCUT2D eigenvalue weighted by Gasteiger charge is 2.11. The Morgan fingerprint density at radius 2 is 1.85 bits per heavy atom. The van der Waals surface area contributed by atoms with Crippen molar-refractivity contribution in [2.45, 2.75) is 20.0 Å². The highest BCUT2D eigenvalue weighted by molar-refractivity contribution is 6.00. The third-order valence-corrected chi connectivity index (χ3v) is 4.95. The Morgan fingerprint density at radius 3 is 2.58 bits per heavy atom. The van der Waals surface area contributed by atoms with Crippen molar-refractivity contribution in [1.29, 1.82) is 0 Å². The first-order valence-corrected chi connectivity index (χ1v) is 10.5. The Kier molecular flexibility index (Phi) is 6.80.